The highest BCUT2D eigenvalue weighted by Gasteiger charge is 2.13. The largest absolute Gasteiger partial charge is 0.497 e. The third-order valence-electron chi connectivity index (χ3n) is 4.89. The van der Waals surface area contributed by atoms with E-state index >= 15 is 0 Å². The fraction of sp³-hybridized carbons (Fsp3) is 0.346. The second kappa shape index (κ2) is 13.2. The highest BCUT2D eigenvalue weighted by Crippen LogP contribution is 2.28. The van der Waals surface area contributed by atoms with Crippen LogP contribution < -0.4 is 14.8 Å². The minimum atomic E-state index is -0.318. The van der Waals surface area contributed by atoms with E-state index in [4.69, 9.17) is 32.7 Å². The number of nitrogens with zero attached hydrogens (tertiary/aromatic N) is 2. The van der Waals surface area contributed by atoms with Crippen LogP contribution in [0, 0.1) is 6.92 Å². The van der Waals surface area contributed by atoms with Crippen LogP contribution in [0.3, 0.4) is 0 Å². The molecule has 0 radical (unpaired) electrons. The highest BCUT2D eigenvalue weighted by atomic mass is 35.5. The van der Waals surface area contributed by atoms with Gasteiger partial charge in [0.1, 0.15) is 29.2 Å². The molecule has 0 aliphatic carbocycles. The number of carbonyl (C=O) groups excluding carboxylic acids is 1. The Hall–Kier alpha value is -3.03. The molecule has 0 atom stereocenters. The summed E-state index contributed by atoms with van der Waals surface area (Å²) in [5.74, 6) is 2.26. The van der Waals surface area contributed by atoms with Gasteiger partial charge in [0, 0.05) is 45.9 Å². The number of nitrogens with one attached hydrogen (secondary N) is 1. The Balaban J connectivity index is 0.000000540. The first-order chi connectivity index (χ1) is 16.6. The van der Waals surface area contributed by atoms with Crippen LogP contribution in [-0.2, 0) is 22.5 Å². The van der Waals surface area contributed by atoms with Gasteiger partial charge in [-0.25, -0.2) is 9.97 Å². The summed E-state index contributed by atoms with van der Waals surface area (Å²) in [7, 11) is 3.27. The number of ether oxygens (including phenoxy) is 3. The topological polar surface area (TPSA) is 82.6 Å². The van der Waals surface area contributed by atoms with Crippen molar-refractivity contribution in [3.05, 3.63) is 75.2 Å². The molecule has 0 bridgehead atoms. The van der Waals surface area contributed by atoms with E-state index in [-0.39, 0.29) is 5.60 Å². The monoisotopic (exact) mass is 519 g/mol. The number of anilines is 1. The standard InChI is InChI=1S/C21H21Cl2N3O2.C5H10O2/c1-13-18(8-14-4-6-16(22)9-19(14)23)21(26-12-25-13)24-11-15-5-7-17(27-2)10-20(15)28-3;1-5(2,3)7-4-6/h4-7,9-10,12H,8,11H2,1-3H3,(H,24,25,26);4H,1-3H3. The lowest BCUT2D eigenvalue weighted by Crippen LogP contribution is -2.17. The van der Waals surface area contributed by atoms with E-state index in [9.17, 15) is 4.79 Å². The van der Waals surface area contributed by atoms with Crippen molar-refractivity contribution in [1.82, 2.24) is 9.97 Å². The average Bonchev–Trinajstić information content (AvgIpc) is 2.80. The molecule has 0 unspecified atom stereocenters. The smallest absolute Gasteiger partial charge is 0.293 e. The van der Waals surface area contributed by atoms with Crippen molar-refractivity contribution >= 4 is 35.5 Å². The van der Waals surface area contributed by atoms with E-state index in [1.165, 1.54) is 0 Å². The highest BCUT2D eigenvalue weighted by molar-refractivity contribution is 6.35. The maximum Gasteiger partial charge on any atom is 0.293 e. The first-order valence-electron chi connectivity index (χ1n) is 10.9. The number of hydrogen-bond acceptors (Lipinski definition) is 7. The minimum Gasteiger partial charge on any atom is -0.497 e. The number of benzene rings is 2. The van der Waals surface area contributed by atoms with Gasteiger partial charge in [0.15, 0.2) is 0 Å². The zero-order chi connectivity index (χ0) is 26.0. The first-order valence-corrected chi connectivity index (χ1v) is 11.6. The normalized spacial score (nSPS) is 10.6. The van der Waals surface area contributed by atoms with Gasteiger partial charge >= 0.3 is 0 Å². The van der Waals surface area contributed by atoms with Crippen molar-refractivity contribution in [3.8, 4) is 11.5 Å². The lowest BCUT2D eigenvalue weighted by molar-refractivity contribution is -0.138. The van der Waals surface area contributed by atoms with Gasteiger partial charge in [-0.15, -0.1) is 0 Å². The molecule has 3 rings (SSSR count). The van der Waals surface area contributed by atoms with Gasteiger partial charge in [-0.05, 0) is 57.5 Å². The molecule has 1 aromatic heterocycles. The number of rotatable bonds is 8. The Labute approximate surface area is 216 Å². The molecule has 9 heteroatoms. The molecule has 0 aliphatic heterocycles. The Kier molecular flexibility index (Phi) is 10.6. The third kappa shape index (κ3) is 8.92. The van der Waals surface area contributed by atoms with Gasteiger partial charge in [-0.3, -0.25) is 4.79 Å². The molecule has 7 nitrogen and oxygen atoms in total. The SMILES string of the molecule is CC(C)(C)OC=O.COc1ccc(CNc2ncnc(C)c2Cc2ccc(Cl)cc2Cl)c(OC)c1. The van der Waals surface area contributed by atoms with Crippen LogP contribution in [0.1, 0.15) is 43.2 Å². The maximum atomic E-state index is 9.60. The number of aromatic nitrogens is 2. The molecule has 0 aliphatic rings. The minimum absolute atomic E-state index is 0.318. The number of halogens is 2. The van der Waals surface area contributed by atoms with E-state index in [2.05, 4.69) is 20.0 Å². The van der Waals surface area contributed by atoms with Gasteiger partial charge in [0.25, 0.3) is 6.47 Å². The Morgan fingerprint density at radius 3 is 2.29 bits per heavy atom. The quantitative estimate of drug-likeness (QED) is 0.351. The molecule has 35 heavy (non-hydrogen) atoms. The Morgan fingerprint density at radius 2 is 1.71 bits per heavy atom. The van der Waals surface area contributed by atoms with Crippen LogP contribution in [0.25, 0.3) is 0 Å². The summed E-state index contributed by atoms with van der Waals surface area (Å²) in [6, 6.07) is 11.2. The molecule has 1 heterocycles. The predicted molar refractivity (Wildman–Crippen MR) is 140 cm³/mol. The van der Waals surface area contributed by atoms with Crippen LogP contribution in [0.15, 0.2) is 42.7 Å². The van der Waals surface area contributed by atoms with Crippen LogP contribution in [-0.4, -0.2) is 36.3 Å². The molecular formula is C26H31Cl2N3O4. The summed E-state index contributed by atoms with van der Waals surface area (Å²) in [5.41, 5.74) is 3.52. The van der Waals surface area contributed by atoms with Crippen molar-refractivity contribution in [3.63, 3.8) is 0 Å². The molecule has 2 aromatic carbocycles. The number of aryl methyl sites for hydroxylation is 1. The van der Waals surface area contributed by atoms with Gasteiger partial charge in [0.2, 0.25) is 0 Å². The first kappa shape index (κ1) is 28.2. The van der Waals surface area contributed by atoms with Crippen molar-refractivity contribution in [1.29, 1.82) is 0 Å². The summed E-state index contributed by atoms with van der Waals surface area (Å²) >= 11 is 12.4. The maximum absolute atomic E-state index is 9.60. The molecule has 188 valence electrons. The molecule has 0 spiro atoms. The summed E-state index contributed by atoms with van der Waals surface area (Å²) in [4.78, 5) is 18.4. The zero-order valence-electron chi connectivity index (χ0n) is 20.8. The van der Waals surface area contributed by atoms with Gasteiger partial charge in [-0.1, -0.05) is 29.3 Å². The van der Waals surface area contributed by atoms with E-state index in [1.807, 2.05) is 58.0 Å². The summed E-state index contributed by atoms with van der Waals surface area (Å²) in [5, 5.41) is 4.63. The number of hydrogen-bond donors (Lipinski definition) is 1. The van der Waals surface area contributed by atoms with E-state index in [0.717, 1.165) is 39.7 Å². The summed E-state index contributed by atoms with van der Waals surface area (Å²) in [6.07, 6.45) is 2.15. The molecular weight excluding hydrogens is 489 g/mol. The van der Waals surface area contributed by atoms with Crippen molar-refractivity contribution in [2.45, 2.75) is 46.3 Å². The van der Waals surface area contributed by atoms with Crippen molar-refractivity contribution in [2.75, 3.05) is 19.5 Å². The summed E-state index contributed by atoms with van der Waals surface area (Å²) < 4.78 is 15.3. The number of methoxy groups -OCH3 is 2. The lowest BCUT2D eigenvalue weighted by Gasteiger charge is -2.15. The van der Waals surface area contributed by atoms with E-state index < -0.39 is 0 Å². The fourth-order valence-electron chi connectivity index (χ4n) is 3.04. The fourth-order valence-corrected chi connectivity index (χ4v) is 3.52. The second-order valence-corrected chi connectivity index (χ2v) is 9.40. The van der Waals surface area contributed by atoms with Crippen LogP contribution in [0.5, 0.6) is 11.5 Å². The van der Waals surface area contributed by atoms with Crippen LogP contribution >= 0.6 is 23.2 Å². The number of carbonyl (C=O) groups is 1. The van der Waals surface area contributed by atoms with E-state index in [0.29, 0.717) is 29.5 Å². The Bertz CT molecular complexity index is 1130. The molecule has 3 aromatic rings. The molecule has 0 saturated carbocycles. The van der Waals surface area contributed by atoms with Gasteiger partial charge in [-0.2, -0.15) is 0 Å². The van der Waals surface area contributed by atoms with E-state index in [1.54, 1.807) is 26.6 Å². The van der Waals surface area contributed by atoms with Crippen LogP contribution in [0.2, 0.25) is 10.0 Å². The Morgan fingerprint density at radius 1 is 1.00 bits per heavy atom. The molecule has 0 amide bonds. The molecule has 0 fully saturated rings. The lowest BCUT2D eigenvalue weighted by atomic mass is 10.0. The molecule has 1 N–H and O–H groups in total. The van der Waals surface area contributed by atoms with Crippen molar-refractivity contribution in [2.24, 2.45) is 0 Å². The van der Waals surface area contributed by atoms with Gasteiger partial charge < -0.3 is 19.5 Å². The second-order valence-electron chi connectivity index (χ2n) is 8.56. The average molecular weight is 520 g/mol. The third-order valence-corrected chi connectivity index (χ3v) is 5.47. The molecule has 0 saturated heterocycles. The summed E-state index contributed by atoms with van der Waals surface area (Å²) in [6.45, 7) is 8.43. The van der Waals surface area contributed by atoms with Gasteiger partial charge in [0.05, 0.1) is 14.2 Å². The predicted octanol–water partition coefficient (Wildman–Crippen LogP) is 6.27. The zero-order valence-corrected chi connectivity index (χ0v) is 22.3. The van der Waals surface area contributed by atoms with Crippen LogP contribution in [0.4, 0.5) is 5.82 Å². The van der Waals surface area contributed by atoms with Crippen molar-refractivity contribution < 1.29 is 19.0 Å².